The van der Waals surface area contributed by atoms with Crippen molar-refractivity contribution in [3.63, 3.8) is 0 Å². The van der Waals surface area contributed by atoms with Crippen molar-refractivity contribution in [3.8, 4) is 5.75 Å². The molecule has 8 heteroatoms. The number of aliphatic hydroxyl groups excluding tert-OH is 1. The number of ketones is 1. The van der Waals surface area contributed by atoms with Crippen LogP contribution in [0.3, 0.4) is 0 Å². The zero-order valence-electron chi connectivity index (χ0n) is 19.3. The summed E-state index contributed by atoms with van der Waals surface area (Å²) in [5.41, 5.74) is 2.40. The predicted octanol–water partition coefficient (Wildman–Crippen LogP) is 6.04. The van der Waals surface area contributed by atoms with Gasteiger partial charge in [-0.15, -0.1) is 11.3 Å². The van der Waals surface area contributed by atoms with Gasteiger partial charge in [-0.1, -0.05) is 6.92 Å². The molecule has 6 nitrogen and oxygen atoms in total. The van der Waals surface area contributed by atoms with Gasteiger partial charge in [0.15, 0.2) is 10.9 Å². The summed E-state index contributed by atoms with van der Waals surface area (Å²) in [5.74, 6) is 0.705. The molecule has 5 atom stereocenters. The van der Waals surface area contributed by atoms with E-state index in [4.69, 9.17) is 0 Å². The summed E-state index contributed by atoms with van der Waals surface area (Å²) in [6.07, 6.45) is 6.97. The van der Waals surface area contributed by atoms with E-state index < -0.39 is 5.41 Å². The molecule has 34 heavy (non-hydrogen) atoms. The molecule has 1 aromatic heterocycles. The number of carbonyl (C=O) groups excluding carboxylic acids is 2. The number of phenols is 1. The van der Waals surface area contributed by atoms with Crippen molar-refractivity contribution in [2.45, 2.75) is 58.3 Å². The van der Waals surface area contributed by atoms with Gasteiger partial charge < -0.3 is 15.5 Å². The highest BCUT2D eigenvalue weighted by molar-refractivity contribution is 9.10. The molecule has 3 aliphatic carbocycles. The minimum Gasteiger partial charge on any atom is -0.515 e. The number of nitrogens with one attached hydrogen (secondary N) is 1. The third-order valence-electron chi connectivity index (χ3n) is 8.35. The van der Waals surface area contributed by atoms with Crippen molar-refractivity contribution in [1.29, 1.82) is 0 Å². The van der Waals surface area contributed by atoms with Crippen molar-refractivity contribution in [2.75, 3.05) is 5.32 Å². The number of allylic oxidation sites excluding steroid dienone is 1. The number of hydrogen-bond acceptors (Lipinski definition) is 6. The van der Waals surface area contributed by atoms with E-state index >= 15 is 0 Å². The monoisotopic (exact) mass is 544 g/mol. The lowest BCUT2D eigenvalue weighted by Gasteiger charge is -2.49. The fraction of sp³-hybridized carbons (Fsp3) is 0.500. The van der Waals surface area contributed by atoms with Crippen LogP contribution in [0.25, 0.3) is 0 Å². The molecule has 2 aromatic rings. The number of thiazole rings is 1. The fourth-order valence-corrected chi connectivity index (χ4v) is 7.94. The molecule has 1 amide bonds. The molecule has 5 rings (SSSR count). The van der Waals surface area contributed by atoms with E-state index in [0.29, 0.717) is 33.4 Å². The molecule has 3 N–H and O–H groups in total. The number of aromatic hydroxyl groups is 1. The number of rotatable bonds is 4. The first-order valence-corrected chi connectivity index (χ1v) is 13.5. The number of benzene rings is 1. The summed E-state index contributed by atoms with van der Waals surface area (Å²) in [4.78, 5) is 31.4. The van der Waals surface area contributed by atoms with Gasteiger partial charge in [-0.2, -0.15) is 0 Å². The van der Waals surface area contributed by atoms with Crippen molar-refractivity contribution in [3.05, 3.63) is 50.6 Å². The van der Waals surface area contributed by atoms with E-state index in [0.717, 1.165) is 36.8 Å². The first-order valence-electron chi connectivity index (χ1n) is 11.9. The number of Topliss-reactive ketones (excluding diaryl/α,β-unsaturated/α-hetero) is 1. The van der Waals surface area contributed by atoms with Gasteiger partial charge in [-0.05, 0) is 102 Å². The van der Waals surface area contributed by atoms with Crippen LogP contribution in [0.15, 0.2) is 34.6 Å². The molecule has 2 fully saturated rings. The van der Waals surface area contributed by atoms with Gasteiger partial charge in [0.1, 0.15) is 5.75 Å². The molecule has 2 saturated carbocycles. The normalized spacial score (nSPS) is 31.1. The predicted molar refractivity (Wildman–Crippen MR) is 135 cm³/mol. The molecule has 180 valence electrons. The summed E-state index contributed by atoms with van der Waals surface area (Å²) < 4.78 is 0.698. The average Bonchev–Trinajstić information content (AvgIpc) is 3.30. The number of hydrogen-bond donors (Lipinski definition) is 3. The third kappa shape index (κ3) is 3.79. The molecule has 1 heterocycles. The highest BCUT2D eigenvalue weighted by Crippen LogP contribution is 2.63. The minimum absolute atomic E-state index is 0.0390. The van der Waals surface area contributed by atoms with Crippen LogP contribution in [0.4, 0.5) is 5.13 Å². The van der Waals surface area contributed by atoms with Crippen molar-refractivity contribution in [1.82, 2.24) is 4.98 Å². The van der Waals surface area contributed by atoms with Gasteiger partial charge in [-0.25, -0.2) is 4.98 Å². The Morgan fingerprint density at radius 2 is 2.18 bits per heavy atom. The molecular formula is C26H29BrN2O4S. The zero-order valence-corrected chi connectivity index (χ0v) is 21.7. The minimum atomic E-state index is -0.519. The van der Waals surface area contributed by atoms with Gasteiger partial charge >= 0.3 is 0 Å². The van der Waals surface area contributed by atoms with Crippen LogP contribution in [0.5, 0.6) is 5.75 Å². The molecule has 0 saturated heterocycles. The second-order valence-corrected chi connectivity index (χ2v) is 12.3. The first-order chi connectivity index (χ1) is 16.2. The maximum Gasteiger partial charge on any atom is 0.226 e. The number of aryl methyl sites for hydroxylation is 2. The Morgan fingerprint density at radius 3 is 2.88 bits per heavy atom. The number of nitrogens with zero attached hydrogens (tertiary/aromatic N) is 1. The van der Waals surface area contributed by atoms with Crippen LogP contribution >= 0.6 is 27.3 Å². The second-order valence-electron chi connectivity index (χ2n) is 10.2. The first kappa shape index (κ1) is 23.5. The molecular weight excluding hydrogens is 516 g/mol. The fourth-order valence-electron chi connectivity index (χ4n) is 6.90. The largest absolute Gasteiger partial charge is 0.515 e. The lowest BCUT2D eigenvalue weighted by atomic mass is 9.54. The number of anilines is 1. The molecule has 0 aliphatic heterocycles. The van der Waals surface area contributed by atoms with Gasteiger partial charge in [-0.3, -0.25) is 9.59 Å². The van der Waals surface area contributed by atoms with Crippen LogP contribution in [0, 0.1) is 30.1 Å². The van der Waals surface area contributed by atoms with Crippen molar-refractivity contribution >= 4 is 44.1 Å². The number of halogens is 1. The summed E-state index contributed by atoms with van der Waals surface area (Å²) >= 11 is 4.91. The van der Waals surface area contributed by atoms with E-state index in [9.17, 15) is 19.8 Å². The van der Waals surface area contributed by atoms with E-state index in [1.165, 1.54) is 22.5 Å². The standard InChI is InChI=1S/C26H29BrN2O4S/c1-13-11-28-25(34-13)29-22(32)6-5-17-19(12-30)24(33)26(2)8-7-15-16(23(17)26)4-3-14-9-21(31)20(27)10-18(14)15/h9-12,15-17,23,30-31H,3-8H2,1-2H3,(H,28,29,32)/t15?,16?,17-,23?,26+/m1/s1. The Morgan fingerprint density at radius 1 is 1.38 bits per heavy atom. The topological polar surface area (TPSA) is 99.5 Å². The Bertz CT molecular complexity index is 1190. The van der Waals surface area contributed by atoms with Gasteiger partial charge in [0.25, 0.3) is 0 Å². The quantitative estimate of drug-likeness (QED) is 0.321. The smallest absolute Gasteiger partial charge is 0.226 e. The van der Waals surface area contributed by atoms with Gasteiger partial charge in [0, 0.05) is 28.5 Å². The SMILES string of the molecule is Cc1cnc(NC(=O)CC[C@@H]2C(=CO)C(=O)[C@@]3(C)CCC4c5cc(Br)c(O)cc5CCC4C23)s1. The van der Waals surface area contributed by atoms with E-state index in [1.54, 1.807) is 6.20 Å². The Labute approximate surface area is 211 Å². The molecule has 0 bridgehead atoms. The molecule has 3 aliphatic rings. The lowest BCUT2D eigenvalue weighted by Crippen LogP contribution is -2.44. The maximum atomic E-state index is 13.5. The van der Waals surface area contributed by atoms with Gasteiger partial charge in [0.05, 0.1) is 10.7 Å². The Balaban J connectivity index is 1.42. The number of aromatic nitrogens is 1. The molecule has 1 aromatic carbocycles. The summed E-state index contributed by atoms with van der Waals surface area (Å²) in [6.45, 7) is 4.00. The van der Waals surface area contributed by atoms with E-state index in [1.807, 2.05) is 19.1 Å². The van der Waals surface area contributed by atoms with Crippen LogP contribution < -0.4 is 5.32 Å². The number of phenolic OH excluding ortho intramolecular Hbond substituents is 1. The summed E-state index contributed by atoms with van der Waals surface area (Å²) in [6, 6.07) is 3.91. The highest BCUT2D eigenvalue weighted by atomic mass is 79.9. The molecule has 0 spiro atoms. The Kier molecular flexibility index (Phi) is 6.09. The number of carbonyl (C=O) groups is 2. The number of amides is 1. The second kappa shape index (κ2) is 8.79. The van der Waals surface area contributed by atoms with Gasteiger partial charge in [0.2, 0.25) is 5.91 Å². The summed E-state index contributed by atoms with van der Waals surface area (Å²) in [7, 11) is 0. The zero-order chi connectivity index (χ0) is 24.2. The van der Waals surface area contributed by atoms with Crippen LogP contribution in [-0.2, 0) is 16.0 Å². The summed E-state index contributed by atoms with van der Waals surface area (Å²) in [5, 5.41) is 23.7. The maximum absolute atomic E-state index is 13.5. The van der Waals surface area contributed by atoms with Crippen LogP contribution in [0.1, 0.15) is 60.9 Å². The molecule has 3 unspecified atom stereocenters. The van der Waals surface area contributed by atoms with Crippen LogP contribution in [0.2, 0.25) is 0 Å². The van der Waals surface area contributed by atoms with Crippen molar-refractivity contribution in [2.24, 2.45) is 23.2 Å². The third-order valence-corrected chi connectivity index (χ3v) is 9.81. The number of fused-ring (bicyclic) bond motifs is 5. The highest BCUT2D eigenvalue weighted by Gasteiger charge is 2.60. The van der Waals surface area contributed by atoms with E-state index in [-0.39, 0.29) is 35.7 Å². The van der Waals surface area contributed by atoms with Crippen LogP contribution in [-0.4, -0.2) is 26.9 Å². The van der Waals surface area contributed by atoms with E-state index in [2.05, 4.69) is 33.2 Å². The lowest BCUT2D eigenvalue weighted by molar-refractivity contribution is -0.127. The molecule has 0 radical (unpaired) electrons. The number of aliphatic hydroxyl groups is 1. The average molecular weight is 545 g/mol. The van der Waals surface area contributed by atoms with Crippen molar-refractivity contribution < 1.29 is 19.8 Å². The Hall–Kier alpha value is -2.19.